The zero-order valence-corrected chi connectivity index (χ0v) is 13.9. The summed E-state index contributed by atoms with van der Waals surface area (Å²) >= 11 is 9.39. The smallest absolute Gasteiger partial charge is 0.257 e. The number of halogens is 2. The molecule has 2 rings (SSSR count). The first-order chi connectivity index (χ1) is 9.67. The lowest BCUT2D eigenvalue weighted by molar-refractivity contribution is 0.0693. The molecule has 0 spiro atoms. The van der Waals surface area contributed by atoms with E-state index in [1.54, 1.807) is 25.3 Å². The van der Waals surface area contributed by atoms with Gasteiger partial charge in [0.05, 0.1) is 12.7 Å². The van der Waals surface area contributed by atoms with Crippen molar-refractivity contribution in [3.8, 4) is 5.75 Å². The van der Waals surface area contributed by atoms with Gasteiger partial charge >= 0.3 is 0 Å². The van der Waals surface area contributed by atoms with Crippen LogP contribution in [-0.4, -0.2) is 35.8 Å². The molecule has 0 unspecified atom stereocenters. The maximum atomic E-state index is 12.8. The van der Waals surface area contributed by atoms with Crippen molar-refractivity contribution < 1.29 is 9.53 Å². The predicted molar refractivity (Wildman–Crippen MR) is 85.1 cm³/mol. The minimum atomic E-state index is 0.0323. The van der Waals surface area contributed by atoms with Crippen molar-refractivity contribution >= 4 is 33.4 Å². The maximum absolute atomic E-state index is 12.8. The molecule has 1 saturated carbocycles. The molecule has 1 fully saturated rings. The predicted octanol–water partition coefficient (Wildman–Crippen LogP) is 4.13. The molecule has 0 bridgehead atoms. The van der Waals surface area contributed by atoms with Crippen LogP contribution in [0, 0.1) is 0 Å². The second-order valence-corrected chi connectivity index (χ2v) is 6.20. The van der Waals surface area contributed by atoms with Gasteiger partial charge in [-0.05, 0) is 31.0 Å². The van der Waals surface area contributed by atoms with Crippen LogP contribution in [-0.2, 0) is 0 Å². The van der Waals surface area contributed by atoms with Gasteiger partial charge in [0.2, 0.25) is 0 Å². The number of ether oxygens (including phenoxy) is 1. The molecule has 0 radical (unpaired) electrons. The van der Waals surface area contributed by atoms with Gasteiger partial charge in [-0.1, -0.05) is 40.4 Å². The number of hydrogen-bond acceptors (Lipinski definition) is 2. The summed E-state index contributed by atoms with van der Waals surface area (Å²) in [5.41, 5.74) is 0.588. The van der Waals surface area contributed by atoms with E-state index < -0.39 is 0 Å². The highest BCUT2D eigenvalue weighted by Gasteiger charge is 2.28. The van der Waals surface area contributed by atoms with E-state index in [1.807, 2.05) is 4.90 Å². The fraction of sp³-hybridized carbons (Fsp3) is 0.533. The quantitative estimate of drug-likeness (QED) is 0.739. The number of alkyl halides is 1. The van der Waals surface area contributed by atoms with Gasteiger partial charge < -0.3 is 9.64 Å². The number of nitrogens with zero attached hydrogens (tertiary/aromatic N) is 1. The summed E-state index contributed by atoms with van der Waals surface area (Å²) < 4.78 is 5.29. The van der Waals surface area contributed by atoms with Gasteiger partial charge in [0.1, 0.15) is 5.75 Å². The van der Waals surface area contributed by atoms with Crippen molar-refractivity contribution in [2.24, 2.45) is 0 Å². The van der Waals surface area contributed by atoms with Crippen molar-refractivity contribution in [2.45, 2.75) is 31.7 Å². The lowest BCUT2D eigenvalue weighted by atomic mass is 10.1. The molecule has 110 valence electrons. The van der Waals surface area contributed by atoms with Crippen molar-refractivity contribution in [1.29, 1.82) is 0 Å². The van der Waals surface area contributed by atoms with Gasteiger partial charge in [0, 0.05) is 22.9 Å². The highest BCUT2D eigenvalue weighted by atomic mass is 79.9. The number of amides is 1. The van der Waals surface area contributed by atoms with Crippen LogP contribution in [0.3, 0.4) is 0 Å². The standard InChI is InChI=1S/C15H19BrClNO2/c1-20-14-10-11(17)6-7-13(14)15(19)18(9-8-16)12-4-2-3-5-12/h6-7,10,12H,2-5,8-9H2,1H3. The van der Waals surface area contributed by atoms with Crippen LogP contribution in [0.1, 0.15) is 36.0 Å². The Balaban J connectivity index is 2.26. The summed E-state index contributed by atoms with van der Waals surface area (Å²) in [4.78, 5) is 14.8. The fourth-order valence-electron chi connectivity index (χ4n) is 2.75. The molecule has 0 aliphatic heterocycles. The van der Waals surface area contributed by atoms with Crippen LogP contribution >= 0.6 is 27.5 Å². The summed E-state index contributed by atoms with van der Waals surface area (Å²) in [6.45, 7) is 0.718. The summed E-state index contributed by atoms with van der Waals surface area (Å²) in [5, 5.41) is 1.36. The van der Waals surface area contributed by atoms with E-state index in [0.29, 0.717) is 22.4 Å². The number of carbonyl (C=O) groups is 1. The first kappa shape index (κ1) is 15.6. The summed E-state index contributed by atoms with van der Waals surface area (Å²) in [6, 6.07) is 5.52. The second kappa shape index (κ2) is 7.32. The average molecular weight is 361 g/mol. The molecule has 1 amide bonds. The Labute approximate surface area is 133 Å². The first-order valence-electron chi connectivity index (χ1n) is 6.88. The SMILES string of the molecule is COc1cc(Cl)ccc1C(=O)N(CCBr)C1CCCC1. The lowest BCUT2D eigenvalue weighted by Crippen LogP contribution is -2.40. The van der Waals surface area contributed by atoms with Crippen LogP contribution < -0.4 is 4.74 Å². The number of rotatable bonds is 5. The van der Waals surface area contributed by atoms with Gasteiger partial charge in [0.15, 0.2) is 0 Å². The van der Waals surface area contributed by atoms with Crippen LogP contribution in [0.4, 0.5) is 0 Å². The lowest BCUT2D eigenvalue weighted by Gasteiger charge is -2.29. The minimum Gasteiger partial charge on any atom is -0.496 e. The summed E-state index contributed by atoms with van der Waals surface area (Å²) in [6.07, 6.45) is 4.59. The average Bonchev–Trinajstić information content (AvgIpc) is 2.97. The van der Waals surface area contributed by atoms with Crippen LogP contribution in [0.2, 0.25) is 5.02 Å². The molecule has 20 heavy (non-hydrogen) atoms. The third kappa shape index (κ3) is 3.47. The van der Waals surface area contributed by atoms with E-state index in [1.165, 1.54) is 12.8 Å². The topological polar surface area (TPSA) is 29.5 Å². The van der Waals surface area contributed by atoms with E-state index >= 15 is 0 Å². The molecule has 5 heteroatoms. The third-order valence-electron chi connectivity index (χ3n) is 3.75. The van der Waals surface area contributed by atoms with Crippen molar-refractivity contribution in [3.63, 3.8) is 0 Å². The molecule has 1 aliphatic carbocycles. The van der Waals surface area contributed by atoms with E-state index in [2.05, 4.69) is 15.9 Å². The molecule has 1 aromatic rings. The van der Waals surface area contributed by atoms with Gasteiger partial charge in [-0.15, -0.1) is 0 Å². The molecule has 0 atom stereocenters. The van der Waals surface area contributed by atoms with Crippen LogP contribution in [0.15, 0.2) is 18.2 Å². The van der Waals surface area contributed by atoms with Crippen molar-refractivity contribution in [1.82, 2.24) is 4.90 Å². The first-order valence-corrected chi connectivity index (χ1v) is 8.37. The molecular weight excluding hydrogens is 342 g/mol. The number of hydrogen-bond donors (Lipinski definition) is 0. The maximum Gasteiger partial charge on any atom is 0.257 e. The molecule has 3 nitrogen and oxygen atoms in total. The Kier molecular flexibility index (Phi) is 5.73. The Bertz CT molecular complexity index is 475. The molecule has 0 aromatic heterocycles. The molecule has 1 aliphatic rings. The monoisotopic (exact) mass is 359 g/mol. The van der Waals surface area contributed by atoms with E-state index in [-0.39, 0.29) is 5.91 Å². The number of benzene rings is 1. The highest BCUT2D eigenvalue weighted by Crippen LogP contribution is 2.29. The zero-order valence-electron chi connectivity index (χ0n) is 11.6. The van der Waals surface area contributed by atoms with E-state index in [0.717, 1.165) is 24.7 Å². The molecule has 1 aromatic carbocycles. The Morgan fingerprint density at radius 2 is 2.15 bits per heavy atom. The van der Waals surface area contributed by atoms with E-state index in [9.17, 15) is 4.79 Å². The largest absolute Gasteiger partial charge is 0.496 e. The van der Waals surface area contributed by atoms with Gasteiger partial charge in [-0.3, -0.25) is 4.79 Å². The molecule has 0 heterocycles. The van der Waals surface area contributed by atoms with Gasteiger partial charge in [0.25, 0.3) is 5.91 Å². The van der Waals surface area contributed by atoms with Crippen molar-refractivity contribution in [3.05, 3.63) is 28.8 Å². The molecule has 0 N–H and O–H groups in total. The summed E-state index contributed by atoms with van der Waals surface area (Å²) in [7, 11) is 1.56. The highest BCUT2D eigenvalue weighted by molar-refractivity contribution is 9.09. The van der Waals surface area contributed by atoms with Gasteiger partial charge in [-0.25, -0.2) is 0 Å². The fourth-order valence-corrected chi connectivity index (χ4v) is 3.30. The Hall–Kier alpha value is -0.740. The minimum absolute atomic E-state index is 0.0323. The summed E-state index contributed by atoms with van der Waals surface area (Å²) in [5.74, 6) is 0.574. The van der Waals surface area contributed by atoms with Crippen molar-refractivity contribution in [2.75, 3.05) is 19.0 Å². The normalized spacial score (nSPS) is 15.3. The third-order valence-corrected chi connectivity index (χ3v) is 4.34. The molecular formula is C15H19BrClNO2. The van der Waals surface area contributed by atoms with Crippen LogP contribution in [0.25, 0.3) is 0 Å². The Morgan fingerprint density at radius 1 is 1.45 bits per heavy atom. The second-order valence-electron chi connectivity index (χ2n) is 4.97. The van der Waals surface area contributed by atoms with Gasteiger partial charge in [-0.2, -0.15) is 0 Å². The molecule has 0 saturated heterocycles. The zero-order chi connectivity index (χ0) is 14.5. The van der Waals surface area contributed by atoms with E-state index in [4.69, 9.17) is 16.3 Å². The number of carbonyl (C=O) groups excluding carboxylic acids is 1. The van der Waals surface area contributed by atoms with Crippen LogP contribution in [0.5, 0.6) is 5.75 Å². The Morgan fingerprint density at radius 3 is 2.75 bits per heavy atom. The number of methoxy groups -OCH3 is 1.